The molecule has 0 spiro atoms. The molecule has 1 aromatic carbocycles. The Morgan fingerprint density at radius 3 is 3.00 bits per heavy atom. The van der Waals surface area contributed by atoms with Crippen LogP contribution in [0, 0.1) is 6.92 Å². The maximum Gasteiger partial charge on any atom is 0.138 e. The molecule has 2 heterocycles. The van der Waals surface area contributed by atoms with Crippen LogP contribution >= 0.6 is 0 Å². The molecule has 90 valence electrons. The molecule has 0 radical (unpaired) electrons. The van der Waals surface area contributed by atoms with E-state index in [4.69, 9.17) is 4.74 Å². The molecule has 3 rings (SSSR count). The maximum absolute atomic E-state index is 5.73. The van der Waals surface area contributed by atoms with Crippen LogP contribution in [0.1, 0.15) is 11.1 Å². The number of fused-ring (bicyclic) bond motifs is 1. The number of hydrogen-bond acceptors (Lipinski definition) is 2. The summed E-state index contributed by atoms with van der Waals surface area (Å²) in [4.78, 5) is 7.30. The van der Waals surface area contributed by atoms with E-state index in [1.165, 1.54) is 16.5 Å². The number of benzene rings is 1. The van der Waals surface area contributed by atoms with Gasteiger partial charge in [-0.2, -0.15) is 0 Å². The average molecular weight is 238 g/mol. The number of aromatic amines is 1. The van der Waals surface area contributed by atoms with Crippen LogP contribution in [0.5, 0.6) is 5.75 Å². The molecule has 3 heteroatoms. The minimum Gasteiger partial charge on any atom is -0.487 e. The molecule has 0 amide bonds. The smallest absolute Gasteiger partial charge is 0.138 e. The van der Waals surface area contributed by atoms with Crippen molar-refractivity contribution in [3.63, 3.8) is 0 Å². The Kier molecular flexibility index (Phi) is 2.73. The number of nitrogens with zero attached hydrogens (tertiary/aromatic N) is 1. The van der Waals surface area contributed by atoms with Crippen molar-refractivity contribution in [3.8, 4) is 5.75 Å². The number of nitrogens with one attached hydrogen (secondary N) is 1. The van der Waals surface area contributed by atoms with Crippen LogP contribution in [0.3, 0.4) is 0 Å². The highest BCUT2D eigenvalue weighted by atomic mass is 16.5. The van der Waals surface area contributed by atoms with Crippen LogP contribution in [-0.2, 0) is 6.61 Å². The Labute approximate surface area is 105 Å². The highest BCUT2D eigenvalue weighted by molar-refractivity contribution is 5.86. The van der Waals surface area contributed by atoms with Gasteiger partial charge >= 0.3 is 0 Å². The van der Waals surface area contributed by atoms with Crippen molar-refractivity contribution in [2.24, 2.45) is 0 Å². The summed E-state index contributed by atoms with van der Waals surface area (Å²) in [5, 5.41) is 1.25. The van der Waals surface area contributed by atoms with E-state index in [1.54, 1.807) is 12.4 Å². The van der Waals surface area contributed by atoms with Crippen molar-refractivity contribution in [2.75, 3.05) is 0 Å². The molecule has 0 saturated heterocycles. The third kappa shape index (κ3) is 1.95. The number of rotatable bonds is 3. The zero-order valence-corrected chi connectivity index (χ0v) is 10.2. The van der Waals surface area contributed by atoms with Gasteiger partial charge in [-0.1, -0.05) is 12.1 Å². The lowest BCUT2D eigenvalue weighted by Crippen LogP contribution is -1.95. The van der Waals surface area contributed by atoms with E-state index in [-0.39, 0.29) is 0 Å². The van der Waals surface area contributed by atoms with E-state index in [1.807, 2.05) is 18.3 Å². The van der Waals surface area contributed by atoms with Crippen molar-refractivity contribution in [1.82, 2.24) is 9.97 Å². The van der Waals surface area contributed by atoms with Gasteiger partial charge < -0.3 is 9.72 Å². The Morgan fingerprint density at radius 2 is 2.17 bits per heavy atom. The van der Waals surface area contributed by atoms with Crippen LogP contribution in [0.25, 0.3) is 10.9 Å². The minimum atomic E-state index is 0.552. The fourth-order valence-electron chi connectivity index (χ4n) is 2.16. The van der Waals surface area contributed by atoms with Crippen LogP contribution in [0.15, 0.2) is 48.9 Å². The molecule has 0 fully saturated rings. The summed E-state index contributed by atoms with van der Waals surface area (Å²) in [5.41, 5.74) is 3.59. The van der Waals surface area contributed by atoms with Gasteiger partial charge in [0, 0.05) is 28.9 Å². The zero-order chi connectivity index (χ0) is 12.4. The van der Waals surface area contributed by atoms with E-state index in [0.29, 0.717) is 6.61 Å². The molecular formula is C15H14N2O. The molecule has 0 atom stereocenters. The quantitative estimate of drug-likeness (QED) is 0.759. The lowest BCUT2D eigenvalue weighted by Gasteiger charge is -2.05. The summed E-state index contributed by atoms with van der Waals surface area (Å²) in [6.45, 7) is 2.67. The third-order valence-electron chi connectivity index (χ3n) is 3.02. The first-order valence-electron chi connectivity index (χ1n) is 5.93. The summed E-state index contributed by atoms with van der Waals surface area (Å²) in [5.74, 6) is 0.792. The number of aryl methyl sites for hydroxylation is 1. The highest BCUT2D eigenvalue weighted by Crippen LogP contribution is 2.23. The molecule has 0 unspecified atom stereocenters. The molecular weight excluding hydrogens is 224 g/mol. The number of H-pyrrole nitrogens is 1. The van der Waals surface area contributed by atoms with Gasteiger partial charge in [-0.25, -0.2) is 0 Å². The van der Waals surface area contributed by atoms with E-state index in [2.05, 4.69) is 35.1 Å². The van der Waals surface area contributed by atoms with Crippen LogP contribution < -0.4 is 4.74 Å². The molecule has 0 saturated carbocycles. The summed E-state index contributed by atoms with van der Waals surface area (Å²) in [6.07, 6.45) is 5.47. The predicted octanol–water partition coefficient (Wildman–Crippen LogP) is 3.45. The van der Waals surface area contributed by atoms with Gasteiger partial charge in [-0.3, -0.25) is 4.98 Å². The second-order valence-corrected chi connectivity index (χ2v) is 4.29. The number of ether oxygens (including phenoxy) is 1. The molecule has 1 N–H and O–H groups in total. The van der Waals surface area contributed by atoms with Gasteiger partial charge in [0.1, 0.15) is 12.4 Å². The Hall–Kier alpha value is -2.29. The number of aromatic nitrogens is 2. The Morgan fingerprint density at radius 1 is 1.22 bits per heavy atom. The van der Waals surface area contributed by atoms with Gasteiger partial charge in [0.2, 0.25) is 0 Å². The van der Waals surface area contributed by atoms with Crippen LogP contribution in [0.2, 0.25) is 0 Å². The summed E-state index contributed by atoms with van der Waals surface area (Å²) in [7, 11) is 0. The first-order chi connectivity index (χ1) is 8.84. The maximum atomic E-state index is 5.73. The predicted molar refractivity (Wildman–Crippen MR) is 71.6 cm³/mol. The van der Waals surface area contributed by atoms with Gasteiger partial charge in [0.15, 0.2) is 0 Å². The van der Waals surface area contributed by atoms with Crippen molar-refractivity contribution in [2.45, 2.75) is 13.5 Å². The molecule has 0 bridgehead atoms. The van der Waals surface area contributed by atoms with Crippen LogP contribution in [-0.4, -0.2) is 9.97 Å². The monoisotopic (exact) mass is 238 g/mol. The van der Waals surface area contributed by atoms with Crippen LogP contribution in [0.4, 0.5) is 0 Å². The summed E-state index contributed by atoms with van der Waals surface area (Å²) in [6, 6.07) is 10.0. The zero-order valence-electron chi connectivity index (χ0n) is 10.2. The summed E-state index contributed by atoms with van der Waals surface area (Å²) < 4.78 is 5.73. The molecule has 2 aromatic heterocycles. The van der Waals surface area contributed by atoms with E-state index < -0.39 is 0 Å². The second kappa shape index (κ2) is 4.53. The van der Waals surface area contributed by atoms with Gasteiger partial charge in [0.25, 0.3) is 0 Å². The molecule has 3 nitrogen and oxygen atoms in total. The van der Waals surface area contributed by atoms with Crippen molar-refractivity contribution < 1.29 is 4.74 Å². The minimum absolute atomic E-state index is 0.552. The van der Waals surface area contributed by atoms with E-state index in [9.17, 15) is 0 Å². The average Bonchev–Trinajstić information content (AvgIpc) is 2.82. The Balaban J connectivity index is 1.87. The van der Waals surface area contributed by atoms with Crippen molar-refractivity contribution >= 4 is 10.9 Å². The number of pyridine rings is 1. The fourth-order valence-corrected chi connectivity index (χ4v) is 2.16. The van der Waals surface area contributed by atoms with E-state index in [0.717, 1.165) is 11.3 Å². The fraction of sp³-hybridized carbons (Fsp3) is 0.133. The standard InChI is InChI=1S/C15H14N2O/c1-11-4-2-6-14-15(11)12(8-17-14)10-18-13-5-3-7-16-9-13/h2-9,17H,10H2,1H3. The first-order valence-corrected chi connectivity index (χ1v) is 5.93. The third-order valence-corrected chi connectivity index (χ3v) is 3.02. The SMILES string of the molecule is Cc1cccc2[nH]cc(COc3cccnc3)c12. The molecule has 0 aliphatic heterocycles. The molecule has 0 aliphatic carbocycles. The summed E-state index contributed by atoms with van der Waals surface area (Å²) >= 11 is 0. The molecule has 3 aromatic rings. The lowest BCUT2D eigenvalue weighted by molar-refractivity contribution is 0.306. The highest BCUT2D eigenvalue weighted by Gasteiger charge is 2.06. The second-order valence-electron chi connectivity index (χ2n) is 4.29. The number of hydrogen-bond donors (Lipinski definition) is 1. The molecule has 0 aliphatic rings. The Bertz CT molecular complexity index is 659. The largest absolute Gasteiger partial charge is 0.487 e. The van der Waals surface area contributed by atoms with Crippen molar-refractivity contribution in [1.29, 1.82) is 0 Å². The van der Waals surface area contributed by atoms with E-state index >= 15 is 0 Å². The lowest BCUT2D eigenvalue weighted by atomic mass is 10.1. The first kappa shape index (κ1) is 10.8. The normalized spacial score (nSPS) is 10.7. The van der Waals surface area contributed by atoms with Gasteiger partial charge in [-0.05, 0) is 30.7 Å². The van der Waals surface area contributed by atoms with Crippen molar-refractivity contribution in [3.05, 3.63) is 60.0 Å². The van der Waals surface area contributed by atoms with Gasteiger partial charge in [0.05, 0.1) is 6.20 Å². The van der Waals surface area contributed by atoms with Gasteiger partial charge in [-0.15, -0.1) is 0 Å². The topological polar surface area (TPSA) is 37.9 Å². The molecule has 18 heavy (non-hydrogen) atoms.